The molecular formula is C21H21N3O3. The summed E-state index contributed by atoms with van der Waals surface area (Å²) in [5.41, 5.74) is 4.14. The van der Waals surface area contributed by atoms with Gasteiger partial charge in [-0.15, -0.1) is 0 Å². The zero-order valence-electron chi connectivity index (χ0n) is 14.8. The minimum absolute atomic E-state index is 0.181. The largest absolute Gasteiger partial charge is 0.492 e. The molecule has 0 saturated heterocycles. The molecular weight excluding hydrogens is 342 g/mol. The lowest BCUT2D eigenvalue weighted by molar-refractivity contribution is -0.145. The fourth-order valence-electron chi connectivity index (χ4n) is 3.40. The van der Waals surface area contributed by atoms with Crippen molar-refractivity contribution < 1.29 is 14.6 Å². The molecule has 3 aromatic rings. The Hall–Kier alpha value is -3.15. The maximum Gasteiger partial charge on any atom is 0.306 e. The van der Waals surface area contributed by atoms with Gasteiger partial charge in [-0.25, -0.2) is 0 Å². The van der Waals surface area contributed by atoms with E-state index >= 15 is 0 Å². The van der Waals surface area contributed by atoms with Crippen molar-refractivity contribution in [1.82, 2.24) is 15.2 Å². The Bertz CT molecular complexity index is 901. The maximum absolute atomic E-state index is 11.0. The van der Waals surface area contributed by atoms with Crippen molar-refractivity contribution in [1.29, 1.82) is 0 Å². The first-order chi connectivity index (χ1) is 13.2. The molecule has 1 aliphatic rings. The molecule has 138 valence electrons. The molecule has 2 aromatic heterocycles. The second-order valence-corrected chi connectivity index (χ2v) is 6.90. The van der Waals surface area contributed by atoms with Crippen LogP contribution in [0.25, 0.3) is 11.4 Å². The Balaban J connectivity index is 1.29. The number of pyridine rings is 1. The van der Waals surface area contributed by atoms with Gasteiger partial charge in [0.25, 0.3) is 0 Å². The van der Waals surface area contributed by atoms with Crippen molar-refractivity contribution >= 4 is 5.97 Å². The highest BCUT2D eigenvalue weighted by Gasteiger charge is 2.35. The highest BCUT2D eigenvalue weighted by Crippen LogP contribution is 2.41. The van der Waals surface area contributed by atoms with Gasteiger partial charge in [0, 0.05) is 12.6 Å². The van der Waals surface area contributed by atoms with Crippen LogP contribution in [0.1, 0.15) is 29.9 Å². The van der Waals surface area contributed by atoms with E-state index in [2.05, 4.69) is 33.4 Å². The fourth-order valence-corrected chi connectivity index (χ4v) is 3.40. The standard InChI is InChI=1S/C21H21N3O3/c25-21(26)17-11-16(12-17)15-3-1-2-14(10-15)7-9-27-18-4-5-19(22-13-18)20-6-8-23-24-20/h1-6,8,10,13,16-17H,7,9,11-12H2,(H,23,24)(H,25,26). The second kappa shape index (κ2) is 7.61. The summed E-state index contributed by atoms with van der Waals surface area (Å²) < 4.78 is 5.81. The van der Waals surface area contributed by atoms with Crippen molar-refractivity contribution in [3.05, 3.63) is 66.0 Å². The van der Waals surface area contributed by atoms with Crippen LogP contribution in [0.5, 0.6) is 5.75 Å². The smallest absolute Gasteiger partial charge is 0.306 e. The van der Waals surface area contributed by atoms with Gasteiger partial charge in [0.05, 0.1) is 30.1 Å². The number of ether oxygens (including phenoxy) is 1. The van der Waals surface area contributed by atoms with Gasteiger partial charge in [-0.3, -0.25) is 14.9 Å². The monoisotopic (exact) mass is 363 g/mol. The van der Waals surface area contributed by atoms with Gasteiger partial charge < -0.3 is 9.84 Å². The predicted octanol–water partition coefficient (Wildman–Crippen LogP) is 3.67. The Kier molecular flexibility index (Phi) is 4.87. The van der Waals surface area contributed by atoms with Gasteiger partial charge in [0.2, 0.25) is 0 Å². The average Bonchev–Trinajstić information content (AvgIpc) is 3.16. The number of aliphatic carboxylic acids is 1. The van der Waals surface area contributed by atoms with Crippen molar-refractivity contribution in [3.63, 3.8) is 0 Å². The highest BCUT2D eigenvalue weighted by atomic mass is 16.5. The molecule has 4 rings (SSSR count). The summed E-state index contributed by atoms with van der Waals surface area (Å²) in [5.74, 6) is 0.242. The Morgan fingerprint density at radius 3 is 2.81 bits per heavy atom. The number of H-pyrrole nitrogens is 1. The molecule has 0 unspecified atom stereocenters. The molecule has 6 nitrogen and oxygen atoms in total. The molecule has 2 heterocycles. The zero-order valence-corrected chi connectivity index (χ0v) is 14.8. The van der Waals surface area contributed by atoms with E-state index in [0.717, 1.165) is 36.4 Å². The van der Waals surface area contributed by atoms with Crippen LogP contribution in [-0.2, 0) is 11.2 Å². The van der Waals surface area contributed by atoms with Crippen LogP contribution in [0, 0.1) is 5.92 Å². The Labute approximate surface area is 157 Å². The quantitative estimate of drug-likeness (QED) is 0.669. The van der Waals surface area contributed by atoms with Crippen LogP contribution in [0.4, 0.5) is 0 Å². The molecule has 1 aliphatic carbocycles. The van der Waals surface area contributed by atoms with Crippen LogP contribution in [0.3, 0.4) is 0 Å². The lowest BCUT2D eigenvalue weighted by Crippen LogP contribution is -2.28. The van der Waals surface area contributed by atoms with Gasteiger partial charge in [-0.05, 0) is 48.1 Å². The average molecular weight is 363 g/mol. The van der Waals surface area contributed by atoms with E-state index < -0.39 is 5.97 Å². The van der Waals surface area contributed by atoms with E-state index in [-0.39, 0.29) is 5.92 Å². The van der Waals surface area contributed by atoms with Gasteiger partial charge in [0.1, 0.15) is 5.75 Å². The third kappa shape index (κ3) is 4.00. The number of carbonyl (C=O) groups is 1. The summed E-state index contributed by atoms with van der Waals surface area (Å²) in [6.07, 6.45) is 5.69. The number of aromatic nitrogens is 3. The topological polar surface area (TPSA) is 88.1 Å². The molecule has 1 saturated carbocycles. The van der Waals surface area contributed by atoms with E-state index in [0.29, 0.717) is 12.5 Å². The number of nitrogens with one attached hydrogen (secondary N) is 1. The fraction of sp³-hybridized carbons (Fsp3) is 0.286. The van der Waals surface area contributed by atoms with Gasteiger partial charge in [0.15, 0.2) is 0 Å². The maximum atomic E-state index is 11.0. The minimum Gasteiger partial charge on any atom is -0.492 e. The number of hydrogen-bond acceptors (Lipinski definition) is 4. The van der Waals surface area contributed by atoms with E-state index in [1.54, 1.807) is 12.4 Å². The highest BCUT2D eigenvalue weighted by molar-refractivity contribution is 5.71. The molecule has 0 aliphatic heterocycles. The first-order valence-electron chi connectivity index (χ1n) is 9.09. The summed E-state index contributed by atoms with van der Waals surface area (Å²) in [6.45, 7) is 0.566. The molecule has 0 atom stereocenters. The SMILES string of the molecule is O=C(O)C1CC(c2cccc(CCOc3ccc(-c4ccn[nH]4)nc3)c2)C1. The van der Waals surface area contributed by atoms with E-state index in [9.17, 15) is 4.79 Å². The lowest BCUT2D eigenvalue weighted by Gasteiger charge is -2.32. The van der Waals surface area contributed by atoms with Crippen molar-refractivity contribution in [2.24, 2.45) is 5.92 Å². The van der Waals surface area contributed by atoms with E-state index in [1.807, 2.05) is 24.3 Å². The summed E-state index contributed by atoms with van der Waals surface area (Å²) in [4.78, 5) is 15.3. The van der Waals surface area contributed by atoms with Gasteiger partial charge >= 0.3 is 5.97 Å². The van der Waals surface area contributed by atoms with Crippen molar-refractivity contribution in [2.75, 3.05) is 6.61 Å². The number of rotatable bonds is 7. The Morgan fingerprint density at radius 2 is 2.11 bits per heavy atom. The number of carboxylic acid groups (broad SMARTS) is 1. The number of benzene rings is 1. The third-order valence-electron chi connectivity index (χ3n) is 5.08. The van der Waals surface area contributed by atoms with Gasteiger partial charge in [-0.1, -0.05) is 24.3 Å². The first-order valence-corrected chi connectivity index (χ1v) is 9.09. The number of aromatic amines is 1. The molecule has 0 amide bonds. The van der Waals surface area contributed by atoms with Crippen molar-refractivity contribution in [2.45, 2.75) is 25.2 Å². The second-order valence-electron chi connectivity index (χ2n) is 6.90. The van der Waals surface area contributed by atoms with Crippen molar-refractivity contribution in [3.8, 4) is 17.1 Å². The summed E-state index contributed by atoms with van der Waals surface area (Å²) >= 11 is 0. The van der Waals surface area contributed by atoms with E-state index in [1.165, 1.54) is 11.1 Å². The molecule has 0 spiro atoms. The van der Waals surface area contributed by atoms with E-state index in [4.69, 9.17) is 9.84 Å². The first kappa shape index (κ1) is 17.3. The molecule has 0 radical (unpaired) electrons. The van der Waals surface area contributed by atoms with Crippen LogP contribution < -0.4 is 4.74 Å². The van der Waals surface area contributed by atoms with Crippen LogP contribution >= 0.6 is 0 Å². The van der Waals surface area contributed by atoms with Crippen LogP contribution in [-0.4, -0.2) is 32.9 Å². The molecule has 6 heteroatoms. The normalized spacial score (nSPS) is 18.7. The molecule has 1 fully saturated rings. The number of carboxylic acids is 1. The molecule has 27 heavy (non-hydrogen) atoms. The predicted molar refractivity (Wildman–Crippen MR) is 101 cm³/mol. The molecule has 1 aromatic carbocycles. The summed E-state index contributed by atoms with van der Waals surface area (Å²) in [6, 6.07) is 14.1. The van der Waals surface area contributed by atoms with Crippen LogP contribution in [0.2, 0.25) is 0 Å². The molecule has 0 bridgehead atoms. The molecule has 2 N–H and O–H groups in total. The Morgan fingerprint density at radius 1 is 1.22 bits per heavy atom. The van der Waals surface area contributed by atoms with Gasteiger partial charge in [-0.2, -0.15) is 5.10 Å². The lowest BCUT2D eigenvalue weighted by atomic mass is 9.71. The van der Waals surface area contributed by atoms with Crippen LogP contribution in [0.15, 0.2) is 54.9 Å². The zero-order chi connectivity index (χ0) is 18.6. The number of hydrogen-bond donors (Lipinski definition) is 2. The third-order valence-corrected chi connectivity index (χ3v) is 5.08. The minimum atomic E-state index is -0.678. The number of nitrogens with zero attached hydrogens (tertiary/aromatic N) is 2. The summed E-state index contributed by atoms with van der Waals surface area (Å²) in [5, 5.41) is 15.8. The summed E-state index contributed by atoms with van der Waals surface area (Å²) in [7, 11) is 0.